The number of esters is 1. The van der Waals surface area contributed by atoms with Crippen molar-refractivity contribution in [2.75, 3.05) is 0 Å². The Morgan fingerprint density at radius 1 is 0.968 bits per heavy atom. The fraction of sp³-hybridized carbons (Fsp3) is 0.500. The molecule has 3 nitrogen and oxygen atoms in total. The summed E-state index contributed by atoms with van der Waals surface area (Å²) in [6.45, 7) is 4.37. The third kappa shape index (κ3) is 6.44. The molecule has 3 rings (SSSR count). The standard InChI is InChI=1S/C28H35NO2/c1-3-5-6-7-8-22-11-18-27(26(19-22)20-29)31-28(30)25-16-14-24(15-17-25)23-12-9-21(4-2)10-13-23/h9-13,18-19,24-25H,3-8,14-17H2,1-2H3. The van der Waals surface area contributed by atoms with Gasteiger partial charge in [-0.15, -0.1) is 0 Å². The molecule has 1 fully saturated rings. The van der Waals surface area contributed by atoms with Crippen molar-refractivity contribution in [3.8, 4) is 11.8 Å². The summed E-state index contributed by atoms with van der Waals surface area (Å²) in [5.41, 5.74) is 4.35. The van der Waals surface area contributed by atoms with Crippen molar-refractivity contribution >= 4 is 5.97 Å². The summed E-state index contributed by atoms with van der Waals surface area (Å²) in [6.07, 6.45) is 10.5. The maximum absolute atomic E-state index is 12.8. The molecule has 0 unspecified atom stereocenters. The Labute approximate surface area is 187 Å². The molecular weight excluding hydrogens is 382 g/mol. The van der Waals surface area contributed by atoms with Gasteiger partial charge in [0.25, 0.3) is 0 Å². The highest BCUT2D eigenvalue weighted by Gasteiger charge is 2.29. The summed E-state index contributed by atoms with van der Waals surface area (Å²) in [5.74, 6) is 0.664. The number of hydrogen-bond acceptors (Lipinski definition) is 3. The van der Waals surface area contributed by atoms with Crippen LogP contribution in [0.4, 0.5) is 0 Å². The molecule has 0 amide bonds. The quantitative estimate of drug-likeness (QED) is 0.248. The van der Waals surface area contributed by atoms with Gasteiger partial charge in [-0.1, -0.05) is 63.4 Å². The minimum absolute atomic E-state index is 0.0774. The Bertz CT molecular complexity index is 886. The molecule has 0 radical (unpaired) electrons. The lowest BCUT2D eigenvalue weighted by atomic mass is 9.78. The molecule has 2 aromatic carbocycles. The number of hydrogen-bond donors (Lipinski definition) is 0. The third-order valence-corrected chi connectivity index (χ3v) is 6.61. The molecule has 164 valence electrons. The summed E-state index contributed by atoms with van der Waals surface area (Å²) in [6, 6.07) is 16.8. The first-order valence-electron chi connectivity index (χ1n) is 12.0. The molecule has 0 saturated heterocycles. The van der Waals surface area contributed by atoms with E-state index in [2.05, 4.69) is 44.2 Å². The van der Waals surface area contributed by atoms with E-state index in [1.165, 1.54) is 30.4 Å². The number of aryl methyl sites for hydroxylation is 2. The SMILES string of the molecule is CCCCCCc1ccc(OC(=O)C2CCC(c3ccc(CC)cc3)CC2)c(C#N)c1. The van der Waals surface area contributed by atoms with Gasteiger partial charge >= 0.3 is 5.97 Å². The van der Waals surface area contributed by atoms with Crippen molar-refractivity contribution in [2.45, 2.75) is 84.0 Å². The number of carbonyl (C=O) groups excluding carboxylic acids is 1. The molecule has 0 bridgehead atoms. The van der Waals surface area contributed by atoms with Crippen LogP contribution in [-0.2, 0) is 17.6 Å². The molecule has 0 spiro atoms. The smallest absolute Gasteiger partial charge is 0.314 e. The Balaban J connectivity index is 1.53. The number of rotatable bonds is 9. The van der Waals surface area contributed by atoms with Crippen LogP contribution in [0.3, 0.4) is 0 Å². The summed E-state index contributed by atoms with van der Waals surface area (Å²) >= 11 is 0. The minimum atomic E-state index is -0.188. The second-order valence-corrected chi connectivity index (χ2v) is 8.82. The van der Waals surface area contributed by atoms with Gasteiger partial charge in [-0.2, -0.15) is 5.26 Å². The molecular formula is C28H35NO2. The summed E-state index contributed by atoms with van der Waals surface area (Å²) < 4.78 is 5.68. The van der Waals surface area contributed by atoms with E-state index >= 15 is 0 Å². The first-order chi connectivity index (χ1) is 15.1. The van der Waals surface area contributed by atoms with Crippen LogP contribution >= 0.6 is 0 Å². The van der Waals surface area contributed by atoms with E-state index in [0.717, 1.165) is 50.5 Å². The molecule has 0 aromatic heterocycles. The molecule has 0 heterocycles. The largest absolute Gasteiger partial charge is 0.425 e. The maximum Gasteiger partial charge on any atom is 0.314 e. The zero-order chi connectivity index (χ0) is 22.1. The number of carbonyl (C=O) groups is 1. The highest BCUT2D eigenvalue weighted by molar-refractivity contribution is 5.76. The second kappa shape index (κ2) is 11.7. The zero-order valence-electron chi connectivity index (χ0n) is 19.0. The topological polar surface area (TPSA) is 50.1 Å². The Morgan fingerprint density at radius 2 is 1.68 bits per heavy atom. The van der Waals surface area contributed by atoms with Crippen molar-refractivity contribution in [1.29, 1.82) is 5.26 Å². The fourth-order valence-electron chi connectivity index (χ4n) is 4.54. The Morgan fingerprint density at radius 3 is 2.32 bits per heavy atom. The minimum Gasteiger partial charge on any atom is -0.425 e. The van der Waals surface area contributed by atoms with Crippen LogP contribution in [0.2, 0.25) is 0 Å². The van der Waals surface area contributed by atoms with E-state index in [1.54, 1.807) is 6.07 Å². The van der Waals surface area contributed by atoms with Crippen LogP contribution in [0.15, 0.2) is 42.5 Å². The summed E-state index contributed by atoms with van der Waals surface area (Å²) in [5, 5.41) is 9.53. The Hall–Kier alpha value is -2.60. The highest BCUT2D eigenvalue weighted by Crippen LogP contribution is 2.36. The number of ether oxygens (including phenoxy) is 1. The van der Waals surface area contributed by atoms with Gasteiger partial charge in [0.15, 0.2) is 0 Å². The lowest BCUT2D eigenvalue weighted by molar-refractivity contribution is -0.140. The molecule has 0 N–H and O–H groups in total. The van der Waals surface area contributed by atoms with Crippen LogP contribution in [0, 0.1) is 17.2 Å². The predicted molar refractivity (Wildman–Crippen MR) is 125 cm³/mol. The van der Waals surface area contributed by atoms with Crippen LogP contribution in [0.25, 0.3) is 0 Å². The number of nitrogens with zero attached hydrogens (tertiary/aromatic N) is 1. The molecule has 0 atom stereocenters. The number of benzene rings is 2. The highest BCUT2D eigenvalue weighted by atomic mass is 16.5. The predicted octanol–water partition coefficient (Wildman–Crippen LogP) is 7.12. The monoisotopic (exact) mass is 417 g/mol. The fourth-order valence-corrected chi connectivity index (χ4v) is 4.54. The first kappa shape index (κ1) is 23.1. The van der Waals surface area contributed by atoms with Crippen LogP contribution < -0.4 is 4.74 Å². The summed E-state index contributed by atoms with van der Waals surface area (Å²) in [4.78, 5) is 12.8. The van der Waals surface area contributed by atoms with E-state index < -0.39 is 0 Å². The lowest BCUT2D eigenvalue weighted by Crippen LogP contribution is -2.25. The number of nitriles is 1. The molecule has 3 heteroatoms. The van der Waals surface area contributed by atoms with Gasteiger partial charge in [0.2, 0.25) is 0 Å². The van der Waals surface area contributed by atoms with Crippen molar-refractivity contribution in [3.63, 3.8) is 0 Å². The van der Waals surface area contributed by atoms with E-state index in [1.807, 2.05) is 12.1 Å². The van der Waals surface area contributed by atoms with Crippen molar-refractivity contribution in [3.05, 3.63) is 64.7 Å². The molecule has 1 aliphatic carbocycles. The van der Waals surface area contributed by atoms with E-state index in [4.69, 9.17) is 4.74 Å². The molecule has 31 heavy (non-hydrogen) atoms. The maximum atomic E-state index is 12.8. The first-order valence-corrected chi connectivity index (χ1v) is 12.0. The average Bonchev–Trinajstić information content (AvgIpc) is 2.82. The van der Waals surface area contributed by atoms with Crippen LogP contribution in [-0.4, -0.2) is 5.97 Å². The second-order valence-electron chi connectivity index (χ2n) is 8.82. The summed E-state index contributed by atoms with van der Waals surface area (Å²) in [7, 11) is 0. The van der Waals surface area contributed by atoms with Gasteiger partial charge < -0.3 is 4.74 Å². The normalized spacial score (nSPS) is 18.4. The van der Waals surface area contributed by atoms with Gasteiger partial charge in [0.05, 0.1) is 11.5 Å². The van der Waals surface area contributed by atoms with Crippen LogP contribution in [0.5, 0.6) is 5.75 Å². The van der Waals surface area contributed by atoms with E-state index in [-0.39, 0.29) is 11.9 Å². The molecule has 1 saturated carbocycles. The molecule has 1 aliphatic rings. The average molecular weight is 418 g/mol. The van der Waals surface area contributed by atoms with E-state index in [0.29, 0.717) is 17.2 Å². The van der Waals surface area contributed by atoms with Crippen molar-refractivity contribution in [2.24, 2.45) is 5.92 Å². The van der Waals surface area contributed by atoms with Gasteiger partial charge in [0.1, 0.15) is 11.8 Å². The zero-order valence-corrected chi connectivity index (χ0v) is 19.0. The third-order valence-electron chi connectivity index (χ3n) is 6.61. The lowest BCUT2D eigenvalue weighted by Gasteiger charge is -2.27. The van der Waals surface area contributed by atoms with Crippen LogP contribution in [0.1, 0.15) is 93.4 Å². The van der Waals surface area contributed by atoms with Gasteiger partial charge in [0, 0.05) is 0 Å². The molecule has 0 aliphatic heterocycles. The van der Waals surface area contributed by atoms with Crippen molar-refractivity contribution < 1.29 is 9.53 Å². The van der Waals surface area contributed by atoms with Crippen molar-refractivity contribution in [1.82, 2.24) is 0 Å². The van der Waals surface area contributed by atoms with E-state index in [9.17, 15) is 10.1 Å². The van der Waals surface area contributed by atoms with Gasteiger partial charge in [-0.25, -0.2) is 0 Å². The number of unbranched alkanes of at least 4 members (excludes halogenated alkanes) is 3. The van der Waals surface area contributed by atoms with Gasteiger partial charge in [-0.3, -0.25) is 4.79 Å². The molecule has 2 aromatic rings. The Kier molecular flexibility index (Phi) is 8.71. The van der Waals surface area contributed by atoms with Gasteiger partial charge in [-0.05, 0) is 79.7 Å².